The van der Waals surface area contributed by atoms with Gasteiger partial charge in [0.1, 0.15) is 0 Å². The quantitative estimate of drug-likeness (QED) is 0.727. The first-order valence-corrected chi connectivity index (χ1v) is 5.40. The van der Waals surface area contributed by atoms with Gasteiger partial charge >= 0.3 is 5.97 Å². The van der Waals surface area contributed by atoms with Crippen molar-refractivity contribution in [2.75, 3.05) is 0 Å². The van der Waals surface area contributed by atoms with Crippen LogP contribution in [0.2, 0.25) is 0 Å². The fourth-order valence-electron chi connectivity index (χ4n) is 1.50. The summed E-state index contributed by atoms with van der Waals surface area (Å²) in [5.74, 6) is 5.05. The molecule has 0 rings (SSSR count). The highest BCUT2D eigenvalue weighted by Crippen LogP contribution is 2.21. The average Bonchev–Trinajstić information content (AvgIpc) is 1.97. The van der Waals surface area contributed by atoms with Crippen LogP contribution in [0.1, 0.15) is 41.5 Å². The minimum Gasteiger partial charge on any atom is -0.481 e. The largest absolute Gasteiger partial charge is 0.481 e. The fraction of sp³-hybridized carbons (Fsp3) is 0.769. The van der Waals surface area contributed by atoms with Crippen LogP contribution in [0.4, 0.5) is 0 Å². The second-order valence-electron chi connectivity index (χ2n) is 5.42. The van der Waals surface area contributed by atoms with Crippen molar-refractivity contribution < 1.29 is 9.90 Å². The maximum atomic E-state index is 11.0. The number of hydrogen-bond donors (Lipinski definition) is 1. The minimum atomic E-state index is -0.749. The van der Waals surface area contributed by atoms with Crippen LogP contribution < -0.4 is 0 Å². The lowest BCUT2D eigenvalue weighted by Gasteiger charge is -2.19. The molecule has 0 aliphatic rings. The summed E-state index contributed by atoms with van der Waals surface area (Å²) >= 11 is 0. The highest BCUT2D eigenvalue weighted by Gasteiger charge is 2.26. The predicted molar refractivity (Wildman–Crippen MR) is 62.4 cm³/mol. The first-order chi connectivity index (χ1) is 6.65. The summed E-state index contributed by atoms with van der Waals surface area (Å²) in [6, 6.07) is 0. The van der Waals surface area contributed by atoms with E-state index >= 15 is 0 Å². The predicted octanol–water partition coefficient (Wildman–Crippen LogP) is 3.03. The lowest BCUT2D eigenvalue weighted by atomic mass is 9.84. The number of rotatable bonds is 3. The SMILES string of the molecule is CC(C)C(C(=O)O)C(C)C#CC(C)(C)C. The molecule has 15 heavy (non-hydrogen) atoms. The van der Waals surface area contributed by atoms with Crippen LogP contribution in [-0.4, -0.2) is 11.1 Å². The van der Waals surface area contributed by atoms with Gasteiger partial charge in [0, 0.05) is 11.3 Å². The molecule has 0 heterocycles. The fourth-order valence-corrected chi connectivity index (χ4v) is 1.50. The highest BCUT2D eigenvalue weighted by atomic mass is 16.4. The van der Waals surface area contributed by atoms with Crippen molar-refractivity contribution in [1.82, 2.24) is 0 Å². The molecule has 1 N–H and O–H groups in total. The molecule has 2 atom stereocenters. The topological polar surface area (TPSA) is 37.3 Å². The molecule has 0 saturated carbocycles. The lowest BCUT2D eigenvalue weighted by Crippen LogP contribution is -2.26. The van der Waals surface area contributed by atoms with Gasteiger partial charge in [0.05, 0.1) is 5.92 Å². The van der Waals surface area contributed by atoms with Crippen LogP contribution in [0.3, 0.4) is 0 Å². The Bertz CT molecular complexity index is 273. The molecule has 0 aromatic carbocycles. The first-order valence-electron chi connectivity index (χ1n) is 5.40. The number of aliphatic carboxylic acids is 1. The summed E-state index contributed by atoms with van der Waals surface area (Å²) in [4.78, 5) is 11.0. The average molecular weight is 210 g/mol. The molecule has 0 aromatic rings. The van der Waals surface area contributed by atoms with Crippen molar-refractivity contribution in [3.8, 4) is 11.8 Å². The summed E-state index contributed by atoms with van der Waals surface area (Å²) in [5, 5.41) is 9.08. The summed E-state index contributed by atoms with van der Waals surface area (Å²) in [6.07, 6.45) is 0. The summed E-state index contributed by atoms with van der Waals surface area (Å²) in [5.41, 5.74) is -0.0612. The summed E-state index contributed by atoms with van der Waals surface area (Å²) in [6.45, 7) is 11.8. The molecule has 0 spiro atoms. The van der Waals surface area contributed by atoms with Gasteiger partial charge in [0.15, 0.2) is 0 Å². The van der Waals surface area contributed by atoms with Crippen molar-refractivity contribution in [2.24, 2.45) is 23.2 Å². The van der Waals surface area contributed by atoms with Gasteiger partial charge in [0.25, 0.3) is 0 Å². The Kier molecular flexibility index (Phi) is 4.87. The van der Waals surface area contributed by atoms with Crippen molar-refractivity contribution in [3.05, 3.63) is 0 Å². The van der Waals surface area contributed by atoms with E-state index in [9.17, 15) is 4.79 Å². The second-order valence-corrected chi connectivity index (χ2v) is 5.42. The molecule has 0 bridgehead atoms. The molecular formula is C13H22O2. The molecule has 2 unspecified atom stereocenters. The number of carbonyl (C=O) groups is 1. The standard InChI is InChI=1S/C13H22O2/c1-9(2)11(12(14)15)10(3)7-8-13(4,5)6/h9-11H,1-6H3,(H,14,15). The van der Waals surface area contributed by atoms with Crippen LogP contribution in [-0.2, 0) is 4.79 Å². The van der Waals surface area contributed by atoms with Crippen molar-refractivity contribution >= 4 is 5.97 Å². The van der Waals surface area contributed by atoms with Gasteiger partial charge < -0.3 is 5.11 Å². The Morgan fingerprint density at radius 2 is 1.67 bits per heavy atom. The molecule has 0 aliphatic carbocycles. The van der Waals surface area contributed by atoms with Crippen LogP contribution in [0.25, 0.3) is 0 Å². The van der Waals surface area contributed by atoms with Gasteiger partial charge in [-0.15, -0.1) is 0 Å². The Balaban J connectivity index is 4.72. The van der Waals surface area contributed by atoms with Crippen LogP contribution in [0, 0.1) is 35.0 Å². The Morgan fingerprint density at radius 1 is 1.20 bits per heavy atom. The number of carboxylic acids is 1. The Morgan fingerprint density at radius 3 is 1.93 bits per heavy atom. The van der Waals surface area contributed by atoms with Gasteiger partial charge in [0.2, 0.25) is 0 Å². The van der Waals surface area contributed by atoms with E-state index in [1.807, 2.05) is 41.5 Å². The number of hydrogen-bond acceptors (Lipinski definition) is 1. The van der Waals surface area contributed by atoms with E-state index in [0.717, 1.165) is 0 Å². The van der Waals surface area contributed by atoms with Gasteiger partial charge in [-0.25, -0.2) is 0 Å². The summed E-state index contributed by atoms with van der Waals surface area (Å²) in [7, 11) is 0. The molecule has 0 radical (unpaired) electrons. The van der Waals surface area contributed by atoms with Crippen LogP contribution >= 0.6 is 0 Å². The van der Waals surface area contributed by atoms with Gasteiger partial charge in [-0.2, -0.15) is 0 Å². The van der Waals surface area contributed by atoms with E-state index in [4.69, 9.17) is 5.11 Å². The molecular weight excluding hydrogens is 188 g/mol. The zero-order valence-electron chi connectivity index (χ0n) is 10.6. The highest BCUT2D eigenvalue weighted by molar-refractivity contribution is 5.71. The smallest absolute Gasteiger partial charge is 0.308 e. The Labute approximate surface area is 93.1 Å². The van der Waals surface area contributed by atoms with E-state index in [-0.39, 0.29) is 23.2 Å². The number of carboxylic acid groups (broad SMARTS) is 1. The van der Waals surface area contributed by atoms with Crippen LogP contribution in [0.5, 0.6) is 0 Å². The van der Waals surface area contributed by atoms with Crippen molar-refractivity contribution in [2.45, 2.75) is 41.5 Å². The molecule has 86 valence electrons. The molecule has 0 aliphatic heterocycles. The third kappa shape index (κ3) is 5.47. The summed E-state index contributed by atoms with van der Waals surface area (Å²) < 4.78 is 0. The maximum Gasteiger partial charge on any atom is 0.308 e. The normalized spacial score (nSPS) is 15.4. The van der Waals surface area contributed by atoms with E-state index in [1.54, 1.807) is 0 Å². The zero-order chi connectivity index (χ0) is 12.2. The Hall–Kier alpha value is -0.970. The first kappa shape index (κ1) is 14.0. The zero-order valence-corrected chi connectivity index (χ0v) is 10.6. The third-order valence-electron chi connectivity index (χ3n) is 2.22. The van der Waals surface area contributed by atoms with Gasteiger partial charge in [-0.3, -0.25) is 4.79 Å². The van der Waals surface area contributed by atoms with Gasteiger partial charge in [-0.05, 0) is 26.7 Å². The lowest BCUT2D eigenvalue weighted by molar-refractivity contribution is -0.144. The molecule has 0 aromatic heterocycles. The molecule has 0 fully saturated rings. The van der Waals surface area contributed by atoms with E-state index in [2.05, 4.69) is 11.8 Å². The van der Waals surface area contributed by atoms with Crippen molar-refractivity contribution in [3.63, 3.8) is 0 Å². The molecule has 0 amide bonds. The maximum absolute atomic E-state index is 11.0. The molecule has 0 saturated heterocycles. The third-order valence-corrected chi connectivity index (χ3v) is 2.22. The van der Waals surface area contributed by atoms with E-state index in [0.29, 0.717) is 0 Å². The minimum absolute atomic E-state index is 0.0612. The second kappa shape index (κ2) is 5.21. The van der Waals surface area contributed by atoms with Crippen LogP contribution in [0.15, 0.2) is 0 Å². The van der Waals surface area contributed by atoms with E-state index < -0.39 is 5.97 Å². The van der Waals surface area contributed by atoms with Crippen molar-refractivity contribution in [1.29, 1.82) is 0 Å². The van der Waals surface area contributed by atoms with E-state index in [1.165, 1.54) is 0 Å². The molecule has 2 nitrogen and oxygen atoms in total. The molecule has 2 heteroatoms. The monoisotopic (exact) mass is 210 g/mol. The van der Waals surface area contributed by atoms with Gasteiger partial charge in [-0.1, -0.05) is 32.6 Å².